The van der Waals surface area contributed by atoms with Crippen molar-refractivity contribution in [2.24, 2.45) is 5.92 Å². The molecule has 2 aromatic heterocycles. The van der Waals surface area contributed by atoms with Gasteiger partial charge >= 0.3 is 6.01 Å². The average molecular weight is 578 g/mol. The van der Waals surface area contributed by atoms with Crippen LogP contribution in [0.5, 0.6) is 11.8 Å². The number of aromatic nitrogens is 3. The first-order valence-corrected chi connectivity index (χ1v) is 14.5. The molecule has 0 radical (unpaired) electrons. The second-order valence-corrected chi connectivity index (χ2v) is 11.8. The van der Waals surface area contributed by atoms with Crippen LogP contribution in [0.1, 0.15) is 25.7 Å². The van der Waals surface area contributed by atoms with Crippen molar-refractivity contribution in [2.75, 3.05) is 44.3 Å². The van der Waals surface area contributed by atoms with Gasteiger partial charge < -0.3 is 25.0 Å². The summed E-state index contributed by atoms with van der Waals surface area (Å²) in [7, 11) is 0. The number of fused-ring (bicyclic) bond motifs is 3. The number of anilines is 1. The number of aromatic hydroxyl groups is 1. The van der Waals surface area contributed by atoms with Gasteiger partial charge in [-0.1, -0.05) is 24.3 Å². The number of benzene rings is 2. The predicted octanol–water partition coefficient (Wildman–Crippen LogP) is 3.82. The number of phenols is 1. The summed E-state index contributed by atoms with van der Waals surface area (Å²) in [4.78, 5) is 17.6. The molecule has 3 fully saturated rings. The highest BCUT2D eigenvalue weighted by Gasteiger charge is 2.49. The Morgan fingerprint density at radius 3 is 2.79 bits per heavy atom. The predicted molar refractivity (Wildman–Crippen MR) is 154 cm³/mol. The number of hydrogen-bond acceptors (Lipinski definition) is 9. The van der Waals surface area contributed by atoms with Gasteiger partial charge in [0, 0.05) is 50.3 Å². The zero-order valence-corrected chi connectivity index (χ0v) is 23.1. The molecule has 3 aliphatic heterocycles. The summed E-state index contributed by atoms with van der Waals surface area (Å²) in [5, 5.41) is 32.5. The van der Waals surface area contributed by atoms with Gasteiger partial charge in [-0.05, 0) is 48.7 Å². The highest BCUT2D eigenvalue weighted by Crippen LogP contribution is 2.41. The minimum atomic E-state index is -0.917. The fourth-order valence-corrected chi connectivity index (χ4v) is 7.04. The summed E-state index contributed by atoms with van der Waals surface area (Å²) >= 11 is 0. The molecule has 9 nitrogen and oxygen atoms in total. The lowest BCUT2D eigenvalue weighted by molar-refractivity contribution is 0.0546. The number of piperidine rings is 1. The highest BCUT2D eigenvalue weighted by atomic mass is 19.1. The van der Waals surface area contributed by atoms with Gasteiger partial charge in [-0.15, -0.1) is 0 Å². The summed E-state index contributed by atoms with van der Waals surface area (Å²) in [6.07, 6.45) is 2.47. The lowest BCUT2D eigenvalue weighted by Gasteiger charge is -2.36. The number of hydrogen-bond donors (Lipinski definition) is 3. The van der Waals surface area contributed by atoms with E-state index in [4.69, 9.17) is 4.74 Å². The number of β-amino-alcohol motifs (C(OH)–C–C–N with tert-alkyl or cyclic N) is 1. The van der Waals surface area contributed by atoms with Crippen LogP contribution < -0.4 is 9.64 Å². The summed E-state index contributed by atoms with van der Waals surface area (Å²) in [6.45, 7) is 1.93. The molecule has 3 saturated heterocycles. The Bertz CT molecular complexity index is 1660. The number of halogens is 2. The van der Waals surface area contributed by atoms with Crippen LogP contribution in [0.25, 0.3) is 32.9 Å². The van der Waals surface area contributed by atoms with Crippen molar-refractivity contribution in [1.82, 2.24) is 19.9 Å². The van der Waals surface area contributed by atoms with Crippen LogP contribution in [-0.4, -0.2) is 92.4 Å². The van der Waals surface area contributed by atoms with Gasteiger partial charge in [-0.2, -0.15) is 9.97 Å². The van der Waals surface area contributed by atoms with Crippen LogP contribution in [0.15, 0.2) is 42.6 Å². The lowest BCUT2D eigenvalue weighted by Crippen LogP contribution is -2.45. The van der Waals surface area contributed by atoms with Gasteiger partial charge in [0.1, 0.15) is 35.6 Å². The van der Waals surface area contributed by atoms with Gasteiger partial charge in [0.25, 0.3) is 0 Å². The first kappa shape index (κ1) is 27.2. The molecule has 220 valence electrons. The Labute approximate surface area is 241 Å². The first-order chi connectivity index (χ1) is 20.3. The monoisotopic (exact) mass is 577 g/mol. The van der Waals surface area contributed by atoms with E-state index in [0.717, 1.165) is 30.2 Å². The van der Waals surface area contributed by atoms with Crippen molar-refractivity contribution >= 4 is 27.5 Å². The standard InChI is InChI=1S/C31H33F2N5O4/c32-20-12-31(7-3-8-38(31)14-20)17-42-30-35-28-24(29(36-30)37-9-6-19(16-39)25(41)15-37)13-34-27(26(28)33)23-11-21(40)10-18-4-1-2-5-22(18)23/h1-2,4-5,10-11,13,19-20,25,39-41H,3,6-9,12,14-17H2/t19-,20-,25-,31+/m1/s1. The molecular weight excluding hydrogens is 544 g/mol. The number of aliphatic hydroxyl groups excluding tert-OH is 2. The molecule has 0 amide bonds. The maximum absolute atomic E-state index is 16.5. The van der Waals surface area contributed by atoms with Crippen molar-refractivity contribution in [1.29, 1.82) is 0 Å². The fraction of sp³-hybridized carbons (Fsp3) is 0.452. The number of alkyl halides is 1. The Hall–Kier alpha value is -3.67. The van der Waals surface area contributed by atoms with E-state index in [0.29, 0.717) is 42.7 Å². The maximum Gasteiger partial charge on any atom is 0.319 e. The number of nitrogens with zero attached hydrogens (tertiary/aromatic N) is 5. The topological polar surface area (TPSA) is 115 Å². The molecule has 4 aromatic rings. The van der Waals surface area contributed by atoms with Crippen molar-refractivity contribution in [3.8, 4) is 23.0 Å². The van der Waals surface area contributed by atoms with Crippen molar-refractivity contribution in [3.05, 3.63) is 48.4 Å². The number of pyridine rings is 1. The number of phenolic OH excluding ortho intramolecular Hbond substituents is 1. The molecule has 11 heteroatoms. The smallest absolute Gasteiger partial charge is 0.319 e. The van der Waals surface area contributed by atoms with Crippen molar-refractivity contribution < 1.29 is 28.8 Å². The van der Waals surface area contributed by atoms with E-state index in [2.05, 4.69) is 19.9 Å². The molecule has 5 heterocycles. The highest BCUT2D eigenvalue weighted by molar-refractivity contribution is 5.99. The van der Waals surface area contributed by atoms with E-state index in [1.165, 1.54) is 12.3 Å². The van der Waals surface area contributed by atoms with Crippen LogP contribution in [0.3, 0.4) is 0 Å². The first-order valence-electron chi connectivity index (χ1n) is 14.5. The molecule has 0 unspecified atom stereocenters. The quantitative estimate of drug-likeness (QED) is 0.315. The SMILES string of the molecule is OC[C@H]1CCN(c2nc(OC[C@@]34CCCN3C[C@H](F)C4)nc3c(F)c(-c4cc(O)cc5ccccc45)ncc23)C[C@H]1O. The van der Waals surface area contributed by atoms with E-state index in [9.17, 15) is 19.7 Å². The lowest BCUT2D eigenvalue weighted by atomic mass is 9.94. The van der Waals surface area contributed by atoms with E-state index < -0.39 is 23.6 Å². The van der Waals surface area contributed by atoms with Gasteiger partial charge in [0.15, 0.2) is 5.82 Å². The Balaban J connectivity index is 1.33. The maximum atomic E-state index is 16.5. The number of rotatable bonds is 6. The Kier molecular flexibility index (Phi) is 6.83. The molecule has 4 atom stereocenters. The van der Waals surface area contributed by atoms with Gasteiger partial charge in [-0.3, -0.25) is 9.88 Å². The molecule has 0 aliphatic carbocycles. The van der Waals surface area contributed by atoms with Gasteiger partial charge in [0.05, 0.1) is 17.0 Å². The molecule has 0 saturated carbocycles. The third-order valence-electron chi connectivity index (χ3n) is 9.23. The van der Waals surface area contributed by atoms with E-state index in [1.54, 1.807) is 6.07 Å². The molecule has 0 bridgehead atoms. The normalized spacial score (nSPS) is 26.3. The van der Waals surface area contributed by atoms with Crippen LogP contribution in [0.4, 0.5) is 14.6 Å². The number of ether oxygens (including phenoxy) is 1. The minimum absolute atomic E-state index is 0.00163. The van der Waals surface area contributed by atoms with Gasteiger partial charge in [-0.25, -0.2) is 8.78 Å². The summed E-state index contributed by atoms with van der Waals surface area (Å²) in [5.41, 5.74) is 0.0190. The summed E-state index contributed by atoms with van der Waals surface area (Å²) < 4.78 is 37.0. The van der Waals surface area contributed by atoms with E-state index in [1.807, 2.05) is 29.2 Å². The van der Waals surface area contributed by atoms with E-state index >= 15 is 4.39 Å². The molecule has 0 spiro atoms. The second-order valence-electron chi connectivity index (χ2n) is 11.8. The zero-order chi connectivity index (χ0) is 29.0. The van der Waals surface area contributed by atoms with Crippen molar-refractivity contribution in [3.63, 3.8) is 0 Å². The number of aliphatic hydroxyl groups is 2. The molecule has 42 heavy (non-hydrogen) atoms. The Morgan fingerprint density at radius 2 is 1.95 bits per heavy atom. The zero-order valence-electron chi connectivity index (χ0n) is 23.1. The molecule has 2 aromatic carbocycles. The Morgan fingerprint density at radius 1 is 1.10 bits per heavy atom. The summed E-state index contributed by atoms with van der Waals surface area (Å²) in [6, 6.07) is 10.4. The largest absolute Gasteiger partial charge is 0.508 e. The van der Waals surface area contributed by atoms with Crippen LogP contribution in [0.2, 0.25) is 0 Å². The molecule has 3 N–H and O–H groups in total. The van der Waals surface area contributed by atoms with Gasteiger partial charge in [0.2, 0.25) is 0 Å². The summed E-state index contributed by atoms with van der Waals surface area (Å²) in [5.74, 6) is -0.581. The van der Waals surface area contributed by atoms with Crippen molar-refractivity contribution in [2.45, 2.75) is 43.5 Å². The van der Waals surface area contributed by atoms with Crippen LogP contribution in [0, 0.1) is 11.7 Å². The molecule has 3 aliphatic rings. The van der Waals surface area contributed by atoms with Crippen LogP contribution in [-0.2, 0) is 0 Å². The second kappa shape index (κ2) is 10.6. The fourth-order valence-electron chi connectivity index (χ4n) is 7.04. The minimum Gasteiger partial charge on any atom is -0.508 e. The third kappa shape index (κ3) is 4.60. The molecule has 7 rings (SSSR count). The average Bonchev–Trinajstić information content (AvgIpc) is 3.51. The third-order valence-corrected chi connectivity index (χ3v) is 9.23. The van der Waals surface area contributed by atoms with E-state index in [-0.39, 0.29) is 48.6 Å². The molecular formula is C31H33F2N5O4. The van der Waals surface area contributed by atoms with Crippen LogP contribution >= 0.6 is 0 Å².